The summed E-state index contributed by atoms with van der Waals surface area (Å²) < 4.78 is 40.9. The molecule has 0 saturated carbocycles. The number of nitrogens with zero attached hydrogens (tertiary/aromatic N) is 1. The smallest absolute Gasteiger partial charge is 0.308 e. The molecule has 0 unspecified atom stereocenters. The highest BCUT2D eigenvalue weighted by molar-refractivity contribution is 7.89. The zero-order valence-electron chi connectivity index (χ0n) is 16.8. The number of halogens is 3. The van der Waals surface area contributed by atoms with Gasteiger partial charge in [-0.3, -0.25) is 4.90 Å². The third-order valence-electron chi connectivity index (χ3n) is 4.44. The van der Waals surface area contributed by atoms with E-state index in [0.717, 1.165) is 0 Å². The van der Waals surface area contributed by atoms with Crippen molar-refractivity contribution in [3.63, 3.8) is 0 Å². The predicted molar refractivity (Wildman–Crippen MR) is 125 cm³/mol. The summed E-state index contributed by atoms with van der Waals surface area (Å²) in [5.41, 5.74) is 1.07. The van der Waals surface area contributed by atoms with Crippen LogP contribution in [0.4, 0.5) is 20.6 Å². The molecule has 10 heteroatoms. The molecule has 2 amide bonds. The van der Waals surface area contributed by atoms with Gasteiger partial charge in [0.05, 0.1) is 5.02 Å². The molecule has 3 aromatic carbocycles. The Hall–Kier alpha value is -2.65. The standard InChI is InChI=1S/C22H20Cl2FN3O3S/c23-16-7-12-20(24)21(15-16)32(30,31)26-13-4-14-28(19-10-8-17(25)9-11-19)22(29)27-18-5-2-1-3-6-18/h1-3,5-12,15,26H,4,13-14H2,(H,27,29). The molecule has 0 aliphatic rings. The van der Waals surface area contributed by atoms with E-state index in [1.807, 2.05) is 6.07 Å². The first-order chi connectivity index (χ1) is 15.3. The van der Waals surface area contributed by atoms with Crippen molar-refractivity contribution in [3.05, 3.63) is 88.7 Å². The molecule has 32 heavy (non-hydrogen) atoms. The first kappa shape index (κ1) is 24.0. The molecule has 0 aliphatic carbocycles. The van der Waals surface area contributed by atoms with Crippen LogP contribution in [0, 0.1) is 5.82 Å². The molecule has 0 radical (unpaired) electrons. The minimum atomic E-state index is -3.89. The van der Waals surface area contributed by atoms with Crippen LogP contribution in [0.3, 0.4) is 0 Å². The maximum atomic E-state index is 13.3. The summed E-state index contributed by atoms with van der Waals surface area (Å²) in [7, 11) is -3.89. The molecule has 0 spiro atoms. The summed E-state index contributed by atoms with van der Waals surface area (Å²) in [5.74, 6) is -0.427. The van der Waals surface area contributed by atoms with Gasteiger partial charge in [-0.2, -0.15) is 0 Å². The third kappa shape index (κ3) is 6.43. The lowest BCUT2D eigenvalue weighted by atomic mass is 10.2. The number of anilines is 2. The molecule has 0 fully saturated rings. The molecule has 0 saturated heterocycles. The molecular formula is C22H20Cl2FN3O3S. The number of carbonyl (C=O) groups is 1. The average molecular weight is 496 g/mol. The Bertz CT molecular complexity index is 1180. The van der Waals surface area contributed by atoms with Crippen molar-refractivity contribution in [2.45, 2.75) is 11.3 Å². The van der Waals surface area contributed by atoms with Crippen LogP contribution in [-0.2, 0) is 10.0 Å². The van der Waals surface area contributed by atoms with Gasteiger partial charge in [0.1, 0.15) is 10.7 Å². The Morgan fingerprint density at radius 1 is 0.969 bits per heavy atom. The van der Waals surface area contributed by atoms with Crippen molar-refractivity contribution in [2.24, 2.45) is 0 Å². The van der Waals surface area contributed by atoms with E-state index in [0.29, 0.717) is 11.4 Å². The third-order valence-corrected chi connectivity index (χ3v) is 6.62. The zero-order valence-corrected chi connectivity index (χ0v) is 19.1. The number of hydrogen-bond donors (Lipinski definition) is 2. The van der Waals surface area contributed by atoms with Gasteiger partial charge in [-0.25, -0.2) is 22.3 Å². The molecule has 2 N–H and O–H groups in total. The van der Waals surface area contributed by atoms with Crippen LogP contribution in [0.15, 0.2) is 77.7 Å². The molecule has 0 heterocycles. The Balaban J connectivity index is 1.68. The Morgan fingerprint density at radius 2 is 1.66 bits per heavy atom. The number of para-hydroxylation sites is 1. The maximum Gasteiger partial charge on any atom is 0.326 e. The first-order valence-corrected chi connectivity index (χ1v) is 11.8. The van der Waals surface area contributed by atoms with Crippen molar-refractivity contribution in [1.82, 2.24) is 4.72 Å². The summed E-state index contributed by atoms with van der Waals surface area (Å²) in [5, 5.41) is 3.07. The number of sulfonamides is 1. The van der Waals surface area contributed by atoms with E-state index < -0.39 is 21.9 Å². The minimum Gasteiger partial charge on any atom is -0.308 e. The van der Waals surface area contributed by atoms with Gasteiger partial charge in [-0.1, -0.05) is 41.4 Å². The van der Waals surface area contributed by atoms with Gasteiger partial charge >= 0.3 is 6.03 Å². The van der Waals surface area contributed by atoms with Crippen molar-refractivity contribution in [2.75, 3.05) is 23.3 Å². The fourth-order valence-electron chi connectivity index (χ4n) is 2.89. The quantitative estimate of drug-likeness (QED) is 0.402. The lowest BCUT2D eigenvalue weighted by molar-refractivity contribution is 0.257. The number of rotatable bonds is 8. The molecule has 0 bridgehead atoms. The largest absolute Gasteiger partial charge is 0.326 e. The van der Waals surface area contributed by atoms with E-state index in [2.05, 4.69) is 10.0 Å². The summed E-state index contributed by atoms with van der Waals surface area (Å²) in [6, 6.07) is 18.1. The second-order valence-electron chi connectivity index (χ2n) is 6.75. The minimum absolute atomic E-state index is 0.0431. The lowest BCUT2D eigenvalue weighted by Crippen LogP contribution is -2.37. The van der Waals surface area contributed by atoms with Gasteiger partial charge in [-0.15, -0.1) is 0 Å². The highest BCUT2D eigenvalue weighted by Gasteiger charge is 2.19. The number of carbonyl (C=O) groups excluding carboxylic acids is 1. The second kappa shape index (κ2) is 10.8. The van der Waals surface area contributed by atoms with Gasteiger partial charge in [0.15, 0.2) is 0 Å². The summed E-state index contributed by atoms with van der Waals surface area (Å²) >= 11 is 11.9. The maximum absolute atomic E-state index is 13.3. The van der Waals surface area contributed by atoms with Gasteiger partial charge in [0.2, 0.25) is 10.0 Å². The van der Waals surface area contributed by atoms with Crippen LogP contribution in [0.1, 0.15) is 6.42 Å². The van der Waals surface area contributed by atoms with Crippen molar-refractivity contribution >= 4 is 50.6 Å². The SMILES string of the molecule is O=C(Nc1ccccc1)N(CCCNS(=O)(=O)c1cc(Cl)ccc1Cl)c1ccc(F)cc1. The fourth-order valence-corrected chi connectivity index (χ4v) is 4.72. The topological polar surface area (TPSA) is 78.5 Å². The van der Waals surface area contributed by atoms with Crippen LogP contribution in [0.2, 0.25) is 10.0 Å². The monoisotopic (exact) mass is 495 g/mol. The average Bonchev–Trinajstić information content (AvgIpc) is 2.77. The number of benzene rings is 3. The Morgan fingerprint density at radius 3 is 2.34 bits per heavy atom. The van der Waals surface area contributed by atoms with E-state index in [1.54, 1.807) is 24.3 Å². The van der Waals surface area contributed by atoms with E-state index in [9.17, 15) is 17.6 Å². The van der Waals surface area contributed by atoms with Gasteiger partial charge < -0.3 is 5.32 Å². The van der Waals surface area contributed by atoms with E-state index in [4.69, 9.17) is 23.2 Å². The molecular weight excluding hydrogens is 476 g/mol. The molecule has 0 atom stereocenters. The van der Waals surface area contributed by atoms with Crippen LogP contribution >= 0.6 is 23.2 Å². The normalized spacial score (nSPS) is 11.2. The number of urea groups is 1. The number of amides is 2. The molecule has 3 rings (SSSR count). The highest BCUT2D eigenvalue weighted by atomic mass is 35.5. The van der Waals surface area contributed by atoms with Crippen LogP contribution in [-0.4, -0.2) is 27.5 Å². The van der Waals surface area contributed by atoms with Crippen molar-refractivity contribution in [1.29, 1.82) is 0 Å². The van der Waals surface area contributed by atoms with Gasteiger partial charge in [-0.05, 0) is 61.0 Å². The van der Waals surface area contributed by atoms with Crippen LogP contribution in [0.5, 0.6) is 0 Å². The molecule has 0 aromatic heterocycles. The molecule has 3 aromatic rings. The Kier molecular flexibility index (Phi) is 8.09. The van der Waals surface area contributed by atoms with E-state index in [-0.39, 0.29) is 34.5 Å². The van der Waals surface area contributed by atoms with Crippen LogP contribution in [0.25, 0.3) is 0 Å². The van der Waals surface area contributed by atoms with E-state index >= 15 is 0 Å². The van der Waals surface area contributed by atoms with Crippen molar-refractivity contribution in [3.8, 4) is 0 Å². The summed E-state index contributed by atoms with van der Waals surface area (Å²) in [6.45, 7) is 0.220. The highest BCUT2D eigenvalue weighted by Crippen LogP contribution is 2.25. The Labute approximate surface area is 196 Å². The van der Waals surface area contributed by atoms with Gasteiger partial charge in [0.25, 0.3) is 0 Å². The predicted octanol–water partition coefficient (Wildman–Crippen LogP) is 5.54. The molecule has 168 valence electrons. The van der Waals surface area contributed by atoms with Gasteiger partial charge in [0, 0.05) is 29.5 Å². The number of hydrogen-bond acceptors (Lipinski definition) is 3. The van der Waals surface area contributed by atoms with Crippen molar-refractivity contribution < 1.29 is 17.6 Å². The second-order valence-corrected chi connectivity index (χ2v) is 9.33. The molecule has 6 nitrogen and oxygen atoms in total. The van der Waals surface area contributed by atoms with Crippen LogP contribution < -0.4 is 14.9 Å². The fraction of sp³-hybridized carbons (Fsp3) is 0.136. The summed E-state index contributed by atoms with van der Waals surface area (Å²) in [4.78, 5) is 14.1. The lowest BCUT2D eigenvalue weighted by Gasteiger charge is -2.23. The zero-order chi connectivity index (χ0) is 23.1. The number of nitrogens with one attached hydrogen (secondary N) is 2. The van der Waals surface area contributed by atoms with E-state index in [1.165, 1.54) is 47.4 Å². The molecule has 0 aliphatic heterocycles. The first-order valence-electron chi connectivity index (χ1n) is 9.60. The summed E-state index contributed by atoms with van der Waals surface area (Å²) in [6.07, 6.45) is 0.289.